The topological polar surface area (TPSA) is 29.0 Å². The normalized spacial score (nSPS) is 11.0. The molecule has 0 radical (unpaired) electrons. The third-order valence-corrected chi connectivity index (χ3v) is 4.63. The zero-order valence-electron chi connectivity index (χ0n) is 12.5. The molecular formula is C17H18ClN3S. The summed E-state index contributed by atoms with van der Waals surface area (Å²) in [6.45, 7) is 3.95. The van der Waals surface area contributed by atoms with Crippen molar-refractivity contribution in [2.45, 2.75) is 26.3 Å². The Morgan fingerprint density at radius 2 is 1.86 bits per heavy atom. The van der Waals surface area contributed by atoms with Gasteiger partial charge in [0.25, 0.3) is 0 Å². The van der Waals surface area contributed by atoms with Crippen LogP contribution in [0.25, 0.3) is 11.0 Å². The maximum absolute atomic E-state index is 6.41. The molecule has 0 saturated carbocycles. The Labute approximate surface area is 139 Å². The fraction of sp³-hybridized carbons (Fsp3) is 0.294. The maximum Gasteiger partial charge on any atom is 0.172 e. The number of rotatable bonds is 6. The lowest BCUT2D eigenvalue weighted by atomic mass is 10.3. The van der Waals surface area contributed by atoms with Crippen LogP contribution in [0.3, 0.4) is 0 Å². The minimum Gasteiger partial charge on any atom is -0.349 e. The summed E-state index contributed by atoms with van der Waals surface area (Å²) in [5, 5.41) is 2.58. The van der Waals surface area contributed by atoms with Crippen molar-refractivity contribution in [2.75, 3.05) is 11.4 Å². The average molecular weight is 332 g/mol. The van der Waals surface area contributed by atoms with Crippen molar-refractivity contribution < 1.29 is 0 Å². The van der Waals surface area contributed by atoms with E-state index >= 15 is 0 Å². The van der Waals surface area contributed by atoms with Crippen molar-refractivity contribution in [1.82, 2.24) is 9.97 Å². The molecule has 0 amide bonds. The highest BCUT2D eigenvalue weighted by molar-refractivity contribution is 7.09. The molecule has 114 valence electrons. The van der Waals surface area contributed by atoms with Crippen LogP contribution in [-0.2, 0) is 6.54 Å². The van der Waals surface area contributed by atoms with E-state index in [9.17, 15) is 0 Å². The van der Waals surface area contributed by atoms with Gasteiger partial charge in [0.05, 0.1) is 17.6 Å². The largest absolute Gasteiger partial charge is 0.349 e. The van der Waals surface area contributed by atoms with Gasteiger partial charge in [0.1, 0.15) is 0 Å². The molecule has 0 atom stereocenters. The Balaban J connectivity index is 1.96. The smallest absolute Gasteiger partial charge is 0.172 e. The summed E-state index contributed by atoms with van der Waals surface area (Å²) < 4.78 is 0. The lowest BCUT2D eigenvalue weighted by molar-refractivity contribution is 0.711. The molecule has 2 aromatic heterocycles. The fourth-order valence-electron chi connectivity index (χ4n) is 2.37. The zero-order chi connectivity index (χ0) is 15.4. The number of halogens is 1. The van der Waals surface area contributed by atoms with E-state index in [2.05, 4.69) is 34.3 Å². The quantitative estimate of drug-likeness (QED) is 0.625. The predicted octanol–water partition coefficient (Wildman–Crippen LogP) is 5.15. The van der Waals surface area contributed by atoms with Gasteiger partial charge in [-0.2, -0.15) is 0 Å². The summed E-state index contributed by atoms with van der Waals surface area (Å²) in [4.78, 5) is 12.8. The Hall–Kier alpha value is -1.65. The predicted molar refractivity (Wildman–Crippen MR) is 94.8 cm³/mol. The molecular weight excluding hydrogens is 314 g/mol. The zero-order valence-corrected chi connectivity index (χ0v) is 14.1. The number of hydrogen-bond acceptors (Lipinski definition) is 4. The van der Waals surface area contributed by atoms with Gasteiger partial charge in [0, 0.05) is 11.4 Å². The molecule has 2 heterocycles. The van der Waals surface area contributed by atoms with Crippen LogP contribution in [0.2, 0.25) is 5.15 Å². The summed E-state index contributed by atoms with van der Waals surface area (Å²) in [5.41, 5.74) is 1.72. The summed E-state index contributed by atoms with van der Waals surface area (Å²) in [7, 11) is 0. The van der Waals surface area contributed by atoms with Gasteiger partial charge in [-0.1, -0.05) is 43.1 Å². The van der Waals surface area contributed by atoms with E-state index in [0.29, 0.717) is 5.15 Å². The number of para-hydroxylation sites is 2. The highest BCUT2D eigenvalue weighted by Crippen LogP contribution is 2.27. The first kappa shape index (κ1) is 15.3. The first-order valence-corrected chi connectivity index (χ1v) is 8.73. The van der Waals surface area contributed by atoms with E-state index in [4.69, 9.17) is 16.6 Å². The Bertz CT molecular complexity index is 743. The molecule has 0 spiro atoms. The molecule has 0 fully saturated rings. The number of thiophene rings is 1. The fourth-order valence-corrected chi connectivity index (χ4v) is 3.34. The number of anilines is 1. The molecule has 0 aliphatic heterocycles. The van der Waals surface area contributed by atoms with Crippen molar-refractivity contribution in [3.05, 3.63) is 51.8 Å². The molecule has 1 aromatic carbocycles. The molecule has 0 unspecified atom stereocenters. The van der Waals surface area contributed by atoms with E-state index in [1.807, 2.05) is 24.3 Å². The van der Waals surface area contributed by atoms with Crippen molar-refractivity contribution >= 4 is 39.8 Å². The molecule has 0 aliphatic carbocycles. The number of fused-ring (bicyclic) bond motifs is 1. The van der Waals surface area contributed by atoms with Crippen LogP contribution in [0.5, 0.6) is 0 Å². The Morgan fingerprint density at radius 1 is 1.09 bits per heavy atom. The SMILES string of the molecule is CCCCN(Cc1cccs1)c1nc2ccccc2nc1Cl. The standard InChI is InChI=1S/C17H18ClN3S/c1-2-3-10-21(12-13-7-6-11-22-13)17-16(18)19-14-8-4-5-9-15(14)20-17/h4-9,11H,2-3,10,12H2,1H3. The molecule has 22 heavy (non-hydrogen) atoms. The first-order valence-electron chi connectivity index (χ1n) is 7.47. The van der Waals surface area contributed by atoms with E-state index in [0.717, 1.165) is 42.8 Å². The van der Waals surface area contributed by atoms with Crippen LogP contribution in [0, 0.1) is 0 Å². The van der Waals surface area contributed by atoms with Gasteiger partial charge < -0.3 is 4.90 Å². The third-order valence-electron chi connectivity index (χ3n) is 3.52. The number of benzene rings is 1. The van der Waals surface area contributed by atoms with Gasteiger partial charge in [-0.25, -0.2) is 9.97 Å². The van der Waals surface area contributed by atoms with Gasteiger partial charge >= 0.3 is 0 Å². The van der Waals surface area contributed by atoms with Crippen LogP contribution in [0.4, 0.5) is 5.82 Å². The van der Waals surface area contributed by atoms with Gasteiger partial charge in [-0.3, -0.25) is 0 Å². The highest BCUT2D eigenvalue weighted by Gasteiger charge is 2.15. The summed E-state index contributed by atoms with van der Waals surface area (Å²) in [6.07, 6.45) is 2.25. The third kappa shape index (κ3) is 3.39. The average Bonchev–Trinajstić information content (AvgIpc) is 3.04. The second kappa shape index (κ2) is 7.07. The van der Waals surface area contributed by atoms with Crippen LogP contribution in [-0.4, -0.2) is 16.5 Å². The Kier molecular flexibility index (Phi) is 4.90. The van der Waals surface area contributed by atoms with Gasteiger partial charge in [0.2, 0.25) is 0 Å². The summed E-state index contributed by atoms with van der Waals surface area (Å²) >= 11 is 8.16. The van der Waals surface area contributed by atoms with E-state index in [-0.39, 0.29) is 0 Å². The van der Waals surface area contributed by atoms with Crippen molar-refractivity contribution in [3.63, 3.8) is 0 Å². The highest BCUT2D eigenvalue weighted by atomic mass is 35.5. The minimum absolute atomic E-state index is 0.478. The number of aromatic nitrogens is 2. The monoisotopic (exact) mass is 331 g/mol. The Morgan fingerprint density at radius 3 is 2.55 bits per heavy atom. The van der Waals surface area contributed by atoms with Gasteiger partial charge in [-0.15, -0.1) is 11.3 Å². The van der Waals surface area contributed by atoms with E-state index < -0.39 is 0 Å². The van der Waals surface area contributed by atoms with Gasteiger partial charge in [0.15, 0.2) is 11.0 Å². The molecule has 3 rings (SSSR count). The van der Waals surface area contributed by atoms with Crippen molar-refractivity contribution in [3.8, 4) is 0 Å². The molecule has 0 N–H and O–H groups in total. The number of unbranched alkanes of at least 4 members (excludes halogenated alkanes) is 1. The molecule has 3 aromatic rings. The second-order valence-electron chi connectivity index (χ2n) is 5.18. The van der Waals surface area contributed by atoms with Crippen LogP contribution in [0.1, 0.15) is 24.6 Å². The second-order valence-corrected chi connectivity index (χ2v) is 6.57. The number of nitrogens with zero attached hydrogens (tertiary/aromatic N) is 3. The van der Waals surface area contributed by atoms with Crippen LogP contribution >= 0.6 is 22.9 Å². The van der Waals surface area contributed by atoms with E-state index in [1.54, 1.807) is 11.3 Å². The summed E-state index contributed by atoms with van der Waals surface area (Å²) in [5.74, 6) is 0.780. The molecule has 0 saturated heterocycles. The molecule has 0 bridgehead atoms. The molecule has 3 nitrogen and oxygen atoms in total. The maximum atomic E-state index is 6.41. The van der Waals surface area contributed by atoms with Crippen LogP contribution < -0.4 is 4.90 Å². The molecule has 0 aliphatic rings. The first-order chi connectivity index (χ1) is 10.8. The summed E-state index contributed by atoms with van der Waals surface area (Å²) in [6, 6.07) is 12.1. The van der Waals surface area contributed by atoms with Crippen LogP contribution in [0.15, 0.2) is 41.8 Å². The van der Waals surface area contributed by atoms with Crippen molar-refractivity contribution in [2.24, 2.45) is 0 Å². The number of hydrogen-bond donors (Lipinski definition) is 0. The lowest BCUT2D eigenvalue weighted by Crippen LogP contribution is -2.25. The van der Waals surface area contributed by atoms with Crippen molar-refractivity contribution in [1.29, 1.82) is 0 Å². The van der Waals surface area contributed by atoms with Gasteiger partial charge in [-0.05, 0) is 30.0 Å². The minimum atomic E-state index is 0.478. The van der Waals surface area contributed by atoms with E-state index in [1.165, 1.54) is 4.88 Å². The lowest BCUT2D eigenvalue weighted by Gasteiger charge is -2.23. The molecule has 5 heteroatoms.